The van der Waals surface area contributed by atoms with E-state index in [9.17, 15) is 14.7 Å². The summed E-state index contributed by atoms with van der Waals surface area (Å²) >= 11 is 0. The third-order valence-corrected chi connectivity index (χ3v) is 7.17. The molecule has 0 radical (unpaired) electrons. The fraction of sp³-hybridized carbons (Fsp3) is 0.464. The van der Waals surface area contributed by atoms with E-state index >= 15 is 0 Å². The average Bonchev–Trinajstić information content (AvgIpc) is 2.90. The maximum Gasteiger partial charge on any atom is 0.326 e. The van der Waals surface area contributed by atoms with Crippen LogP contribution in [0, 0.1) is 0 Å². The molecule has 1 amide bonds. The minimum absolute atomic E-state index is 0.175. The van der Waals surface area contributed by atoms with E-state index in [0.717, 1.165) is 24.0 Å². The number of ether oxygens (including phenoxy) is 1. The maximum absolute atomic E-state index is 12.6. The molecular formula is C28H36N4O4. The molecule has 1 aliphatic carbocycles. The van der Waals surface area contributed by atoms with E-state index in [0.29, 0.717) is 49.9 Å². The van der Waals surface area contributed by atoms with Crippen LogP contribution in [0.15, 0.2) is 53.5 Å². The Labute approximate surface area is 212 Å². The summed E-state index contributed by atoms with van der Waals surface area (Å²) in [4.78, 5) is 32.6. The topological polar surface area (TPSA) is 108 Å². The second-order valence-electron chi connectivity index (χ2n) is 9.68. The summed E-state index contributed by atoms with van der Waals surface area (Å²) in [5, 5.41) is 9.91. The van der Waals surface area contributed by atoms with Crippen LogP contribution in [0.25, 0.3) is 0 Å². The second kappa shape index (κ2) is 11.9. The highest BCUT2D eigenvalue weighted by molar-refractivity contribution is 5.88. The van der Waals surface area contributed by atoms with Gasteiger partial charge in [-0.2, -0.15) is 0 Å². The number of carbonyl (C=O) groups is 2. The van der Waals surface area contributed by atoms with Crippen LogP contribution in [0.2, 0.25) is 0 Å². The van der Waals surface area contributed by atoms with Gasteiger partial charge in [0.1, 0.15) is 11.8 Å². The predicted molar refractivity (Wildman–Crippen MR) is 139 cm³/mol. The minimum atomic E-state index is -0.948. The molecule has 1 saturated carbocycles. The monoisotopic (exact) mass is 492 g/mol. The summed E-state index contributed by atoms with van der Waals surface area (Å²) in [6.07, 6.45) is 7.31. The lowest BCUT2D eigenvalue weighted by Crippen LogP contribution is -2.50. The first-order valence-electron chi connectivity index (χ1n) is 12.8. The average molecular weight is 493 g/mol. The summed E-state index contributed by atoms with van der Waals surface area (Å²) in [7, 11) is 1.92. The number of benzene rings is 2. The summed E-state index contributed by atoms with van der Waals surface area (Å²) in [5.74, 6) is 0.0951. The van der Waals surface area contributed by atoms with Gasteiger partial charge in [0.15, 0.2) is 5.96 Å². The van der Waals surface area contributed by atoms with Crippen LogP contribution in [-0.2, 0) is 22.6 Å². The molecule has 1 fully saturated rings. The SMILES string of the molecule is CN(C(=O)CCCOc1ccc2c(c1)CN(C(Cc1ccccc1)C(=O)O)C(N)=N2)C1CCCCC1. The Balaban J connectivity index is 1.33. The van der Waals surface area contributed by atoms with Gasteiger partial charge in [0.05, 0.1) is 12.3 Å². The molecule has 0 spiro atoms. The van der Waals surface area contributed by atoms with Crippen molar-refractivity contribution in [3.05, 3.63) is 59.7 Å². The van der Waals surface area contributed by atoms with Gasteiger partial charge in [0, 0.05) is 38.0 Å². The van der Waals surface area contributed by atoms with Crippen molar-refractivity contribution >= 4 is 23.5 Å². The van der Waals surface area contributed by atoms with E-state index < -0.39 is 12.0 Å². The normalized spacial score (nSPS) is 16.6. The molecule has 3 N–H and O–H groups in total. The summed E-state index contributed by atoms with van der Waals surface area (Å²) in [5.41, 5.74) is 8.66. The van der Waals surface area contributed by atoms with E-state index in [2.05, 4.69) is 4.99 Å². The largest absolute Gasteiger partial charge is 0.494 e. The van der Waals surface area contributed by atoms with Gasteiger partial charge in [-0.15, -0.1) is 0 Å². The lowest BCUT2D eigenvalue weighted by atomic mass is 9.94. The molecule has 36 heavy (non-hydrogen) atoms. The number of nitrogens with two attached hydrogens (primary N) is 1. The Morgan fingerprint density at radius 1 is 1.17 bits per heavy atom. The Morgan fingerprint density at radius 3 is 2.64 bits per heavy atom. The minimum Gasteiger partial charge on any atom is -0.494 e. The van der Waals surface area contributed by atoms with Crippen molar-refractivity contribution in [1.82, 2.24) is 9.80 Å². The molecule has 2 aromatic carbocycles. The highest BCUT2D eigenvalue weighted by Crippen LogP contribution is 2.31. The highest BCUT2D eigenvalue weighted by Gasteiger charge is 2.31. The highest BCUT2D eigenvalue weighted by atomic mass is 16.5. The first-order chi connectivity index (χ1) is 17.4. The lowest BCUT2D eigenvalue weighted by Gasteiger charge is -2.33. The first kappa shape index (κ1) is 25.5. The van der Waals surface area contributed by atoms with Crippen molar-refractivity contribution < 1.29 is 19.4 Å². The van der Waals surface area contributed by atoms with Gasteiger partial charge in [-0.3, -0.25) is 4.79 Å². The van der Waals surface area contributed by atoms with E-state index in [4.69, 9.17) is 10.5 Å². The number of fused-ring (bicyclic) bond motifs is 1. The molecule has 192 valence electrons. The molecule has 2 aromatic rings. The van der Waals surface area contributed by atoms with Crippen molar-refractivity contribution in [3.63, 3.8) is 0 Å². The zero-order valence-electron chi connectivity index (χ0n) is 20.9. The molecule has 0 bridgehead atoms. The molecule has 8 nitrogen and oxygen atoms in total. The Hall–Kier alpha value is -3.55. The smallest absolute Gasteiger partial charge is 0.326 e. The molecule has 0 saturated heterocycles. The maximum atomic E-state index is 12.6. The number of carboxylic acids is 1. The van der Waals surface area contributed by atoms with Crippen LogP contribution in [0.4, 0.5) is 5.69 Å². The Kier molecular flexibility index (Phi) is 8.46. The van der Waals surface area contributed by atoms with E-state index in [1.165, 1.54) is 19.3 Å². The number of aliphatic carboxylic acids is 1. The number of amides is 1. The molecule has 1 atom stereocenters. The molecule has 8 heteroatoms. The molecular weight excluding hydrogens is 456 g/mol. The van der Waals surface area contributed by atoms with Crippen molar-refractivity contribution in [2.75, 3.05) is 13.7 Å². The van der Waals surface area contributed by atoms with Crippen LogP contribution in [0.3, 0.4) is 0 Å². The zero-order chi connectivity index (χ0) is 25.5. The van der Waals surface area contributed by atoms with Gasteiger partial charge in [-0.25, -0.2) is 9.79 Å². The van der Waals surface area contributed by atoms with E-state index in [1.54, 1.807) is 4.90 Å². The molecule has 0 aromatic heterocycles. The van der Waals surface area contributed by atoms with Crippen LogP contribution in [-0.4, -0.2) is 58.5 Å². The van der Waals surface area contributed by atoms with Crippen molar-refractivity contribution in [3.8, 4) is 5.75 Å². The molecule has 2 aliphatic rings. The van der Waals surface area contributed by atoms with Gasteiger partial charge in [0.2, 0.25) is 5.91 Å². The van der Waals surface area contributed by atoms with Crippen LogP contribution in [0.1, 0.15) is 56.1 Å². The number of hydrogen-bond donors (Lipinski definition) is 2. The lowest BCUT2D eigenvalue weighted by molar-refractivity contribution is -0.142. The number of nitrogens with zero attached hydrogens (tertiary/aromatic N) is 3. The Bertz CT molecular complexity index is 1080. The molecule has 1 aliphatic heterocycles. The summed E-state index contributed by atoms with van der Waals surface area (Å²) in [6.45, 7) is 0.764. The fourth-order valence-electron chi connectivity index (χ4n) is 5.04. The molecule has 1 heterocycles. The third-order valence-electron chi connectivity index (χ3n) is 7.17. The number of aliphatic imine (C=N–C) groups is 1. The number of guanidine groups is 1. The number of hydrogen-bond acceptors (Lipinski definition) is 6. The number of rotatable bonds is 10. The van der Waals surface area contributed by atoms with Crippen LogP contribution in [0.5, 0.6) is 5.75 Å². The Morgan fingerprint density at radius 2 is 1.92 bits per heavy atom. The van der Waals surface area contributed by atoms with Gasteiger partial charge in [-0.05, 0) is 43.0 Å². The summed E-state index contributed by atoms with van der Waals surface area (Å²) in [6, 6.07) is 14.6. The number of carboxylic acid groups (broad SMARTS) is 1. The van der Waals surface area contributed by atoms with Gasteiger partial charge in [-0.1, -0.05) is 49.6 Å². The van der Waals surface area contributed by atoms with Crippen molar-refractivity contribution in [2.24, 2.45) is 10.7 Å². The zero-order valence-corrected chi connectivity index (χ0v) is 20.9. The van der Waals surface area contributed by atoms with Crippen molar-refractivity contribution in [2.45, 2.75) is 70.0 Å². The van der Waals surface area contributed by atoms with E-state index in [-0.39, 0.29) is 11.9 Å². The second-order valence-corrected chi connectivity index (χ2v) is 9.68. The predicted octanol–water partition coefficient (Wildman–Crippen LogP) is 4.09. The van der Waals surface area contributed by atoms with Gasteiger partial charge < -0.3 is 25.4 Å². The molecule has 1 unspecified atom stereocenters. The van der Waals surface area contributed by atoms with E-state index in [1.807, 2.05) is 60.5 Å². The third kappa shape index (κ3) is 6.36. The van der Waals surface area contributed by atoms with Gasteiger partial charge in [0.25, 0.3) is 0 Å². The standard InChI is InChI=1S/C28H36N4O4/c1-31(22-11-6-3-7-12-22)26(33)13-8-16-36-23-14-15-24-21(18-23)19-32(28(29)30-24)25(27(34)35)17-20-9-4-2-5-10-20/h2,4-5,9-10,14-15,18,22,25H,3,6-8,11-13,16-17,19H2,1H3,(H2,29,30)(H,34,35). The van der Waals surface area contributed by atoms with Gasteiger partial charge >= 0.3 is 5.97 Å². The fourth-order valence-corrected chi connectivity index (χ4v) is 5.04. The number of carbonyl (C=O) groups excluding carboxylic acids is 1. The van der Waals surface area contributed by atoms with Crippen LogP contribution >= 0.6 is 0 Å². The van der Waals surface area contributed by atoms with Crippen molar-refractivity contribution in [1.29, 1.82) is 0 Å². The first-order valence-corrected chi connectivity index (χ1v) is 12.8. The molecule has 4 rings (SSSR count). The summed E-state index contributed by atoms with van der Waals surface area (Å²) < 4.78 is 5.93. The van der Waals surface area contributed by atoms with Crippen LogP contribution < -0.4 is 10.5 Å². The quantitative estimate of drug-likeness (QED) is 0.484.